The van der Waals surface area contributed by atoms with Crippen molar-refractivity contribution in [2.24, 2.45) is 4.99 Å². The molecule has 25 heavy (non-hydrogen) atoms. The maximum Gasteiger partial charge on any atom is 0.191 e. The number of fused-ring (bicyclic) bond motifs is 1. The number of hydrogen-bond acceptors (Lipinski definition) is 4. The van der Waals surface area contributed by atoms with Crippen LogP contribution in [0.15, 0.2) is 46.2 Å². The second kappa shape index (κ2) is 10.3. The summed E-state index contributed by atoms with van der Waals surface area (Å²) in [7, 11) is 0. The van der Waals surface area contributed by atoms with Crippen molar-refractivity contribution in [2.75, 3.05) is 13.1 Å². The van der Waals surface area contributed by atoms with E-state index in [1.54, 1.807) is 11.3 Å². The predicted octanol–water partition coefficient (Wildman–Crippen LogP) is 3.10. The Labute approximate surface area is 168 Å². The smallest absolute Gasteiger partial charge is 0.191 e. The lowest BCUT2D eigenvalue weighted by molar-refractivity contribution is 0.715. The molecule has 6 nitrogen and oxygen atoms in total. The number of nitrogens with one attached hydrogen (secondary N) is 2. The lowest BCUT2D eigenvalue weighted by atomic mass is 10.3. The second-order valence-corrected chi connectivity index (χ2v) is 6.18. The number of rotatable bonds is 7. The lowest BCUT2D eigenvalue weighted by Gasteiger charge is -2.10. The molecule has 0 atom stereocenters. The molecule has 8 heteroatoms. The van der Waals surface area contributed by atoms with Crippen LogP contribution in [-0.2, 0) is 13.0 Å². The molecule has 3 rings (SSSR count). The van der Waals surface area contributed by atoms with E-state index in [0.29, 0.717) is 6.54 Å². The quantitative estimate of drug-likeness (QED) is 0.241. The third-order valence-corrected chi connectivity index (χ3v) is 4.33. The highest BCUT2D eigenvalue weighted by Crippen LogP contribution is 2.07. The van der Waals surface area contributed by atoms with Gasteiger partial charge in [0.2, 0.25) is 0 Å². The van der Waals surface area contributed by atoms with Gasteiger partial charge in [-0.05, 0) is 47.9 Å². The Balaban J connectivity index is 0.00000225. The molecule has 134 valence electrons. The molecule has 0 bridgehead atoms. The molecule has 3 aromatic rings. The van der Waals surface area contributed by atoms with E-state index < -0.39 is 0 Å². The number of aryl methyl sites for hydroxylation is 1. The minimum atomic E-state index is 0. The zero-order valence-electron chi connectivity index (χ0n) is 14.2. The highest BCUT2D eigenvalue weighted by Gasteiger charge is 2.04. The average molecular weight is 470 g/mol. The van der Waals surface area contributed by atoms with Crippen LogP contribution in [0.2, 0.25) is 0 Å². The summed E-state index contributed by atoms with van der Waals surface area (Å²) in [5.41, 5.74) is 2.14. The summed E-state index contributed by atoms with van der Waals surface area (Å²) in [6, 6.07) is 8.05. The number of thiophene rings is 1. The van der Waals surface area contributed by atoms with E-state index in [1.807, 2.05) is 28.8 Å². The summed E-state index contributed by atoms with van der Waals surface area (Å²) in [5, 5.41) is 19.3. The van der Waals surface area contributed by atoms with Crippen LogP contribution in [0.25, 0.3) is 5.65 Å². The summed E-state index contributed by atoms with van der Waals surface area (Å²) in [5.74, 6) is 1.85. The molecule has 0 unspecified atom stereocenters. The fourth-order valence-electron chi connectivity index (χ4n) is 2.41. The standard InChI is InChI=1S/C17H22N6S.HI/c1-2-18-17(20-12-14-8-11-24-13-14)19-9-5-7-16-22-21-15-6-3-4-10-23(15)16;/h3-4,6,8,10-11,13H,2,5,7,9,12H2,1H3,(H2,18,19,20);1H. The summed E-state index contributed by atoms with van der Waals surface area (Å²) >= 11 is 1.70. The Hall–Kier alpha value is -1.68. The molecule has 0 aromatic carbocycles. The number of pyridine rings is 1. The molecule has 0 aliphatic heterocycles. The van der Waals surface area contributed by atoms with Crippen LogP contribution in [0.1, 0.15) is 24.7 Å². The predicted molar refractivity (Wildman–Crippen MR) is 114 cm³/mol. The maximum atomic E-state index is 4.61. The van der Waals surface area contributed by atoms with E-state index in [4.69, 9.17) is 0 Å². The highest BCUT2D eigenvalue weighted by molar-refractivity contribution is 14.0. The number of hydrogen-bond donors (Lipinski definition) is 2. The van der Waals surface area contributed by atoms with Crippen LogP contribution in [0.3, 0.4) is 0 Å². The van der Waals surface area contributed by atoms with E-state index in [2.05, 4.69) is 49.6 Å². The fourth-order valence-corrected chi connectivity index (χ4v) is 3.07. The lowest BCUT2D eigenvalue weighted by Crippen LogP contribution is -2.37. The molecule has 0 saturated carbocycles. The van der Waals surface area contributed by atoms with E-state index in [9.17, 15) is 0 Å². The first-order valence-corrected chi connectivity index (χ1v) is 9.13. The summed E-state index contributed by atoms with van der Waals surface area (Å²) in [6.45, 7) is 4.47. The van der Waals surface area contributed by atoms with Crippen LogP contribution < -0.4 is 10.6 Å². The number of halogens is 1. The summed E-state index contributed by atoms with van der Waals surface area (Å²) in [6.07, 6.45) is 3.85. The Morgan fingerprint density at radius 2 is 2.16 bits per heavy atom. The first-order valence-electron chi connectivity index (χ1n) is 8.18. The number of guanidine groups is 1. The van der Waals surface area contributed by atoms with E-state index in [1.165, 1.54) is 5.56 Å². The van der Waals surface area contributed by atoms with Gasteiger partial charge in [0.15, 0.2) is 11.6 Å². The van der Waals surface area contributed by atoms with Gasteiger partial charge in [0.25, 0.3) is 0 Å². The van der Waals surface area contributed by atoms with Crippen LogP contribution in [0, 0.1) is 0 Å². The summed E-state index contributed by atoms with van der Waals surface area (Å²) < 4.78 is 2.04. The van der Waals surface area contributed by atoms with Crippen LogP contribution >= 0.6 is 35.3 Å². The Morgan fingerprint density at radius 3 is 2.96 bits per heavy atom. The van der Waals surface area contributed by atoms with Gasteiger partial charge in [-0.1, -0.05) is 6.07 Å². The molecular formula is C17H23IN6S. The van der Waals surface area contributed by atoms with Crippen molar-refractivity contribution >= 4 is 46.9 Å². The molecule has 0 amide bonds. The van der Waals surface area contributed by atoms with Crippen molar-refractivity contribution in [1.82, 2.24) is 25.2 Å². The number of aliphatic imine (C=N–C) groups is 1. The van der Waals surface area contributed by atoms with E-state index in [0.717, 1.165) is 43.4 Å². The molecule has 0 aliphatic rings. The Bertz CT molecular complexity index is 783. The molecule has 0 saturated heterocycles. The third-order valence-electron chi connectivity index (χ3n) is 3.60. The zero-order chi connectivity index (χ0) is 16.6. The second-order valence-electron chi connectivity index (χ2n) is 5.40. The number of nitrogens with zero attached hydrogens (tertiary/aromatic N) is 4. The minimum absolute atomic E-state index is 0. The summed E-state index contributed by atoms with van der Waals surface area (Å²) in [4.78, 5) is 4.61. The topological polar surface area (TPSA) is 66.6 Å². The Morgan fingerprint density at radius 1 is 1.24 bits per heavy atom. The van der Waals surface area contributed by atoms with Gasteiger partial charge >= 0.3 is 0 Å². The van der Waals surface area contributed by atoms with Crippen molar-refractivity contribution in [2.45, 2.75) is 26.3 Å². The van der Waals surface area contributed by atoms with Gasteiger partial charge in [-0.15, -0.1) is 34.2 Å². The molecule has 0 radical (unpaired) electrons. The Kier molecular flexibility index (Phi) is 8.13. The maximum absolute atomic E-state index is 4.61. The monoisotopic (exact) mass is 470 g/mol. The van der Waals surface area contributed by atoms with Crippen LogP contribution in [0.4, 0.5) is 0 Å². The van der Waals surface area contributed by atoms with Crippen LogP contribution in [0.5, 0.6) is 0 Å². The van der Waals surface area contributed by atoms with Crippen molar-refractivity contribution < 1.29 is 0 Å². The third kappa shape index (κ3) is 5.67. The van der Waals surface area contributed by atoms with Crippen molar-refractivity contribution in [3.63, 3.8) is 0 Å². The van der Waals surface area contributed by atoms with E-state index in [-0.39, 0.29) is 24.0 Å². The molecule has 0 spiro atoms. The SMILES string of the molecule is CCNC(=NCc1ccsc1)NCCCc1nnc2ccccn12.I. The van der Waals surface area contributed by atoms with Gasteiger partial charge in [0, 0.05) is 25.7 Å². The first kappa shape index (κ1) is 19.6. The minimum Gasteiger partial charge on any atom is -0.357 e. The van der Waals surface area contributed by atoms with Gasteiger partial charge in [0.05, 0.1) is 6.54 Å². The average Bonchev–Trinajstić information content (AvgIpc) is 3.26. The van der Waals surface area contributed by atoms with Crippen LogP contribution in [-0.4, -0.2) is 33.6 Å². The fraction of sp³-hybridized carbons (Fsp3) is 0.353. The van der Waals surface area contributed by atoms with Crippen molar-refractivity contribution in [3.8, 4) is 0 Å². The largest absolute Gasteiger partial charge is 0.357 e. The highest BCUT2D eigenvalue weighted by atomic mass is 127. The molecule has 2 N–H and O–H groups in total. The number of aromatic nitrogens is 3. The van der Waals surface area contributed by atoms with Gasteiger partial charge < -0.3 is 10.6 Å². The molecule has 0 fully saturated rings. The molecular weight excluding hydrogens is 447 g/mol. The zero-order valence-corrected chi connectivity index (χ0v) is 17.3. The van der Waals surface area contributed by atoms with Gasteiger partial charge in [-0.2, -0.15) is 11.3 Å². The van der Waals surface area contributed by atoms with Gasteiger partial charge in [-0.3, -0.25) is 4.40 Å². The van der Waals surface area contributed by atoms with Gasteiger partial charge in [-0.25, -0.2) is 4.99 Å². The molecule has 0 aliphatic carbocycles. The molecule has 3 heterocycles. The normalized spacial score (nSPS) is 11.3. The van der Waals surface area contributed by atoms with Crippen molar-refractivity contribution in [1.29, 1.82) is 0 Å². The van der Waals surface area contributed by atoms with Gasteiger partial charge in [0.1, 0.15) is 5.82 Å². The first-order chi connectivity index (χ1) is 11.9. The van der Waals surface area contributed by atoms with Crippen molar-refractivity contribution in [3.05, 3.63) is 52.6 Å². The van der Waals surface area contributed by atoms with E-state index >= 15 is 0 Å². The molecule has 3 aromatic heterocycles.